The molecule has 2 aromatic rings. The van der Waals surface area contributed by atoms with Gasteiger partial charge in [0.1, 0.15) is 0 Å². The first-order valence-corrected chi connectivity index (χ1v) is 4.72. The standard InChI is InChI=1S/C12H13N3/c13-9-4-6-11(7-5-9)15-12-3-1-2-10(14)8-12/h1-8,15H,13-14H2. The van der Waals surface area contributed by atoms with Gasteiger partial charge in [-0.1, -0.05) is 6.07 Å². The lowest BCUT2D eigenvalue weighted by Crippen LogP contribution is -1.92. The van der Waals surface area contributed by atoms with Crippen LogP contribution in [0, 0.1) is 0 Å². The zero-order valence-electron chi connectivity index (χ0n) is 8.27. The average Bonchev–Trinajstić information content (AvgIpc) is 2.22. The Kier molecular flexibility index (Phi) is 2.46. The SMILES string of the molecule is Nc1ccc(Nc2cccc(N)c2)cc1. The number of rotatable bonds is 2. The fraction of sp³-hybridized carbons (Fsp3) is 0. The Hall–Kier alpha value is -2.16. The van der Waals surface area contributed by atoms with Gasteiger partial charge in [0.15, 0.2) is 0 Å². The summed E-state index contributed by atoms with van der Waals surface area (Å²) >= 11 is 0. The number of hydrogen-bond donors (Lipinski definition) is 3. The van der Waals surface area contributed by atoms with Crippen LogP contribution in [0.2, 0.25) is 0 Å². The third-order valence-electron chi connectivity index (χ3n) is 2.09. The van der Waals surface area contributed by atoms with Crippen LogP contribution in [0.1, 0.15) is 0 Å². The molecule has 0 unspecified atom stereocenters. The summed E-state index contributed by atoms with van der Waals surface area (Å²) in [5.74, 6) is 0. The van der Waals surface area contributed by atoms with Crippen LogP contribution in [-0.4, -0.2) is 0 Å². The lowest BCUT2D eigenvalue weighted by Gasteiger charge is -2.06. The van der Waals surface area contributed by atoms with Crippen molar-refractivity contribution in [1.29, 1.82) is 0 Å². The van der Waals surface area contributed by atoms with E-state index < -0.39 is 0 Å². The van der Waals surface area contributed by atoms with E-state index >= 15 is 0 Å². The first-order chi connectivity index (χ1) is 7.24. The van der Waals surface area contributed by atoms with Crippen molar-refractivity contribution in [2.45, 2.75) is 0 Å². The minimum atomic E-state index is 0.746. The van der Waals surface area contributed by atoms with Gasteiger partial charge in [0, 0.05) is 22.7 Å². The smallest absolute Gasteiger partial charge is 0.0404 e. The highest BCUT2D eigenvalue weighted by Gasteiger charge is 1.94. The van der Waals surface area contributed by atoms with Gasteiger partial charge in [-0.15, -0.1) is 0 Å². The quantitative estimate of drug-likeness (QED) is 0.651. The maximum absolute atomic E-state index is 5.68. The van der Waals surface area contributed by atoms with Crippen LogP contribution in [-0.2, 0) is 0 Å². The number of anilines is 4. The van der Waals surface area contributed by atoms with Gasteiger partial charge in [-0.3, -0.25) is 0 Å². The molecule has 0 heterocycles. The van der Waals surface area contributed by atoms with E-state index in [1.165, 1.54) is 0 Å². The third kappa shape index (κ3) is 2.40. The number of nitrogens with two attached hydrogens (primary N) is 2. The van der Waals surface area contributed by atoms with Crippen molar-refractivity contribution in [2.75, 3.05) is 16.8 Å². The summed E-state index contributed by atoms with van der Waals surface area (Å²) in [5, 5.41) is 3.24. The lowest BCUT2D eigenvalue weighted by atomic mass is 10.2. The van der Waals surface area contributed by atoms with Gasteiger partial charge in [0.25, 0.3) is 0 Å². The van der Waals surface area contributed by atoms with Crippen LogP contribution >= 0.6 is 0 Å². The Morgan fingerprint density at radius 1 is 0.733 bits per heavy atom. The largest absolute Gasteiger partial charge is 0.399 e. The highest BCUT2D eigenvalue weighted by atomic mass is 14.9. The topological polar surface area (TPSA) is 64.1 Å². The molecule has 0 saturated carbocycles. The van der Waals surface area contributed by atoms with Crippen LogP contribution in [0.3, 0.4) is 0 Å². The molecule has 0 aliphatic heterocycles. The molecule has 2 aromatic carbocycles. The van der Waals surface area contributed by atoms with Crippen LogP contribution in [0.4, 0.5) is 22.7 Å². The van der Waals surface area contributed by atoms with E-state index in [1.54, 1.807) is 0 Å². The molecule has 0 saturated heterocycles. The number of nitrogens with one attached hydrogen (secondary N) is 1. The zero-order chi connectivity index (χ0) is 10.7. The normalized spacial score (nSPS) is 9.87. The average molecular weight is 199 g/mol. The van der Waals surface area contributed by atoms with E-state index in [4.69, 9.17) is 11.5 Å². The maximum atomic E-state index is 5.68. The van der Waals surface area contributed by atoms with Gasteiger partial charge in [-0.25, -0.2) is 0 Å². The molecule has 0 fully saturated rings. The second kappa shape index (κ2) is 3.92. The van der Waals surface area contributed by atoms with Crippen LogP contribution < -0.4 is 16.8 Å². The van der Waals surface area contributed by atoms with Crippen molar-refractivity contribution in [1.82, 2.24) is 0 Å². The first kappa shape index (κ1) is 9.40. The van der Waals surface area contributed by atoms with Crippen LogP contribution in [0.5, 0.6) is 0 Å². The van der Waals surface area contributed by atoms with E-state index in [9.17, 15) is 0 Å². The fourth-order valence-electron chi connectivity index (χ4n) is 1.35. The Balaban J connectivity index is 2.18. The minimum Gasteiger partial charge on any atom is -0.399 e. The van der Waals surface area contributed by atoms with Crippen molar-refractivity contribution >= 4 is 22.7 Å². The molecule has 0 aromatic heterocycles. The Morgan fingerprint density at radius 2 is 1.47 bits per heavy atom. The van der Waals surface area contributed by atoms with Gasteiger partial charge in [0.05, 0.1) is 0 Å². The lowest BCUT2D eigenvalue weighted by molar-refractivity contribution is 1.55. The molecule has 0 aliphatic rings. The molecular weight excluding hydrogens is 186 g/mol. The van der Waals surface area contributed by atoms with Crippen molar-refractivity contribution in [3.8, 4) is 0 Å². The molecule has 0 bridgehead atoms. The Labute approximate surface area is 88.7 Å². The van der Waals surface area contributed by atoms with Crippen molar-refractivity contribution in [3.05, 3.63) is 48.5 Å². The van der Waals surface area contributed by atoms with Gasteiger partial charge in [0.2, 0.25) is 0 Å². The number of hydrogen-bond acceptors (Lipinski definition) is 3. The maximum Gasteiger partial charge on any atom is 0.0404 e. The van der Waals surface area contributed by atoms with E-state index in [0.717, 1.165) is 22.7 Å². The Morgan fingerprint density at radius 3 is 2.13 bits per heavy atom. The summed E-state index contributed by atoms with van der Waals surface area (Å²) in [7, 11) is 0. The first-order valence-electron chi connectivity index (χ1n) is 4.72. The van der Waals surface area contributed by atoms with E-state index in [1.807, 2.05) is 48.5 Å². The van der Waals surface area contributed by atoms with Gasteiger partial charge < -0.3 is 16.8 Å². The van der Waals surface area contributed by atoms with Crippen molar-refractivity contribution < 1.29 is 0 Å². The van der Waals surface area contributed by atoms with E-state index in [-0.39, 0.29) is 0 Å². The molecule has 76 valence electrons. The van der Waals surface area contributed by atoms with Crippen molar-refractivity contribution in [2.24, 2.45) is 0 Å². The molecule has 0 radical (unpaired) electrons. The highest BCUT2D eigenvalue weighted by molar-refractivity contribution is 5.64. The molecule has 0 spiro atoms. The summed E-state index contributed by atoms with van der Waals surface area (Å²) in [6.45, 7) is 0. The minimum absolute atomic E-state index is 0.746. The predicted molar refractivity (Wildman–Crippen MR) is 65.0 cm³/mol. The summed E-state index contributed by atoms with van der Waals surface area (Å²) in [5.41, 5.74) is 14.7. The van der Waals surface area contributed by atoms with Gasteiger partial charge in [-0.05, 0) is 42.5 Å². The van der Waals surface area contributed by atoms with Crippen molar-refractivity contribution in [3.63, 3.8) is 0 Å². The highest BCUT2D eigenvalue weighted by Crippen LogP contribution is 2.19. The molecule has 15 heavy (non-hydrogen) atoms. The summed E-state index contributed by atoms with van der Waals surface area (Å²) < 4.78 is 0. The molecule has 0 aliphatic carbocycles. The number of benzene rings is 2. The summed E-state index contributed by atoms with van der Waals surface area (Å²) in [4.78, 5) is 0. The third-order valence-corrected chi connectivity index (χ3v) is 2.09. The van der Waals surface area contributed by atoms with Gasteiger partial charge >= 0.3 is 0 Å². The van der Waals surface area contributed by atoms with Gasteiger partial charge in [-0.2, -0.15) is 0 Å². The molecule has 5 N–H and O–H groups in total. The molecule has 3 heteroatoms. The van der Waals surface area contributed by atoms with E-state index in [0.29, 0.717) is 0 Å². The monoisotopic (exact) mass is 199 g/mol. The van der Waals surface area contributed by atoms with E-state index in [2.05, 4.69) is 5.32 Å². The molecule has 2 rings (SSSR count). The molecule has 0 amide bonds. The molecular formula is C12H13N3. The molecule has 3 nitrogen and oxygen atoms in total. The Bertz CT molecular complexity index is 449. The second-order valence-corrected chi connectivity index (χ2v) is 3.37. The van der Waals surface area contributed by atoms with Crippen LogP contribution in [0.25, 0.3) is 0 Å². The molecule has 0 atom stereocenters. The predicted octanol–water partition coefficient (Wildman–Crippen LogP) is 2.59. The number of nitrogen functional groups attached to an aromatic ring is 2. The zero-order valence-corrected chi connectivity index (χ0v) is 8.27. The fourth-order valence-corrected chi connectivity index (χ4v) is 1.35. The summed E-state index contributed by atoms with van der Waals surface area (Å²) in [6.07, 6.45) is 0. The second-order valence-electron chi connectivity index (χ2n) is 3.37. The van der Waals surface area contributed by atoms with Crippen LogP contribution in [0.15, 0.2) is 48.5 Å². The summed E-state index contributed by atoms with van der Waals surface area (Å²) in [6, 6.07) is 15.2.